The molecule has 0 bridgehead atoms. The van der Waals surface area contributed by atoms with Gasteiger partial charge in [0.15, 0.2) is 0 Å². The maximum Gasteiger partial charge on any atom is 0.460 e. The zero-order chi connectivity index (χ0) is 21.7. The van der Waals surface area contributed by atoms with Crippen LogP contribution in [0.4, 0.5) is 28.0 Å². The van der Waals surface area contributed by atoms with Crippen LogP contribution in [0.25, 0.3) is 0 Å². The second kappa shape index (κ2) is 8.99. The van der Waals surface area contributed by atoms with Gasteiger partial charge < -0.3 is 14.8 Å². The number of hydrogen-bond acceptors (Lipinski definition) is 4. The number of esters is 1. The molecule has 0 aliphatic heterocycles. The molecule has 6 nitrogen and oxygen atoms in total. The third kappa shape index (κ3) is 5.29. The lowest BCUT2D eigenvalue weighted by Gasteiger charge is -2.33. The summed E-state index contributed by atoms with van der Waals surface area (Å²) in [4.78, 5) is 24.4. The van der Waals surface area contributed by atoms with E-state index in [1.54, 1.807) is 0 Å². The highest BCUT2D eigenvalue weighted by Gasteiger charge is 2.66. The largest absolute Gasteiger partial charge is 0.461 e. The minimum absolute atomic E-state index is 0.117. The predicted octanol–water partition coefficient (Wildman–Crippen LogP) is 4.50. The smallest absolute Gasteiger partial charge is 0.460 e. The molecule has 2 rings (SSSR count). The molecule has 1 atom stereocenters. The fourth-order valence-electron chi connectivity index (χ4n) is 2.16. The van der Waals surface area contributed by atoms with Gasteiger partial charge in [-0.15, -0.1) is 0 Å². The molecule has 2 N–H and O–H groups in total. The Kier molecular flexibility index (Phi) is 6.91. The summed E-state index contributed by atoms with van der Waals surface area (Å²) in [6.07, 6.45) is -5.40. The second-order valence-corrected chi connectivity index (χ2v) is 5.93. The first-order chi connectivity index (χ1) is 13.6. The van der Waals surface area contributed by atoms with Crippen molar-refractivity contribution < 1.29 is 36.6 Å². The zero-order valence-electron chi connectivity index (χ0n) is 14.8. The molecule has 29 heavy (non-hydrogen) atoms. The standard InChI is InChI=1S/C18H15ClF4N2O4/c1-2-28-15(26)17(18(21,22)23,29-12-6-4-3-5-7-12)25-16(27)24-11-8-9-14(20)13(19)10-11/h3-10H,2H2,1H3,(H2,24,25,27). The number of carbonyl (C=O) groups is 2. The van der Waals surface area contributed by atoms with E-state index in [4.69, 9.17) is 16.3 Å². The van der Waals surface area contributed by atoms with Crippen LogP contribution < -0.4 is 15.4 Å². The highest BCUT2D eigenvalue weighted by Crippen LogP contribution is 2.34. The summed E-state index contributed by atoms with van der Waals surface area (Å²) in [6, 6.07) is 8.09. The summed E-state index contributed by atoms with van der Waals surface area (Å²) in [5, 5.41) is 3.14. The molecule has 0 spiro atoms. The van der Waals surface area contributed by atoms with Crippen molar-refractivity contribution >= 4 is 29.3 Å². The van der Waals surface area contributed by atoms with E-state index in [1.807, 2.05) is 5.32 Å². The van der Waals surface area contributed by atoms with Gasteiger partial charge in [0.1, 0.15) is 11.6 Å². The lowest BCUT2D eigenvalue weighted by molar-refractivity contribution is -0.259. The van der Waals surface area contributed by atoms with Crippen LogP contribution in [0.15, 0.2) is 48.5 Å². The number of amides is 2. The molecule has 0 radical (unpaired) electrons. The minimum Gasteiger partial charge on any atom is -0.461 e. The van der Waals surface area contributed by atoms with Crippen LogP contribution in [0.1, 0.15) is 6.92 Å². The Morgan fingerprint density at radius 1 is 1.10 bits per heavy atom. The van der Waals surface area contributed by atoms with E-state index >= 15 is 0 Å². The van der Waals surface area contributed by atoms with Crippen LogP contribution in [0.2, 0.25) is 5.02 Å². The van der Waals surface area contributed by atoms with Crippen molar-refractivity contribution in [2.24, 2.45) is 0 Å². The van der Waals surface area contributed by atoms with E-state index in [1.165, 1.54) is 42.6 Å². The lowest BCUT2D eigenvalue weighted by atomic mass is 10.2. The number of hydrogen-bond donors (Lipinski definition) is 2. The van der Waals surface area contributed by atoms with Crippen LogP contribution in [-0.4, -0.2) is 30.5 Å². The third-order valence-corrected chi connectivity index (χ3v) is 3.73. The van der Waals surface area contributed by atoms with Crippen LogP contribution >= 0.6 is 11.6 Å². The molecule has 0 saturated heterocycles. The molecule has 2 aromatic carbocycles. The van der Waals surface area contributed by atoms with Crippen molar-refractivity contribution in [2.45, 2.75) is 18.8 Å². The van der Waals surface area contributed by atoms with Crippen molar-refractivity contribution in [1.29, 1.82) is 0 Å². The summed E-state index contributed by atoms with van der Waals surface area (Å²) in [5.74, 6) is -3.01. The number of alkyl halides is 3. The number of halogens is 5. The number of carbonyl (C=O) groups excluding carboxylic acids is 2. The van der Waals surface area contributed by atoms with Gasteiger partial charge in [0.2, 0.25) is 0 Å². The van der Waals surface area contributed by atoms with Crippen molar-refractivity contribution in [2.75, 3.05) is 11.9 Å². The average Bonchev–Trinajstić information content (AvgIpc) is 2.64. The Hall–Kier alpha value is -3.01. The number of para-hydroxylation sites is 1. The van der Waals surface area contributed by atoms with Crippen molar-refractivity contribution in [3.63, 3.8) is 0 Å². The molecule has 1 unspecified atom stereocenters. The Morgan fingerprint density at radius 3 is 2.31 bits per heavy atom. The number of nitrogens with one attached hydrogen (secondary N) is 2. The normalized spacial score (nSPS) is 13.2. The van der Waals surface area contributed by atoms with Gasteiger partial charge >= 0.3 is 23.9 Å². The van der Waals surface area contributed by atoms with E-state index in [-0.39, 0.29) is 16.5 Å². The molecule has 0 aromatic heterocycles. The average molecular weight is 435 g/mol. The summed E-state index contributed by atoms with van der Waals surface area (Å²) >= 11 is 5.58. The van der Waals surface area contributed by atoms with Crippen LogP contribution in [0.5, 0.6) is 5.75 Å². The monoisotopic (exact) mass is 434 g/mol. The summed E-state index contributed by atoms with van der Waals surface area (Å²) < 4.78 is 64.3. The summed E-state index contributed by atoms with van der Waals surface area (Å²) in [7, 11) is 0. The Morgan fingerprint density at radius 2 is 1.76 bits per heavy atom. The van der Waals surface area contributed by atoms with Crippen molar-refractivity contribution in [3.05, 3.63) is 59.4 Å². The first-order valence-corrected chi connectivity index (χ1v) is 8.49. The first-order valence-electron chi connectivity index (χ1n) is 8.11. The van der Waals surface area contributed by atoms with E-state index in [0.717, 1.165) is 18.2 Å². The molecular formula is C18H15ClF4N2O4. The van der Waals surface area contributed by atoms with Gasteiger partial charge in [0.05, 0.1) is 11.6 Å². The number of benzene rings is 2. The van der Waals surface area contributed by atoms with Crippen LogP contribution in [-0.2, 0) is 9.53 Å². The van der Waals surface area contributed by atoms with E-state index in [2.05, 4.69) is 4.74 Å². The fraction of sp³-hybridized carbons (Fsp3) is 0.222. The maximum absolute atomic E-state index is 13.9. The fourth-order valence-corrected chi connectivity index (χ4v) is 2.34. The summed E-state index contributed by atoms with van der Waals surface area (Å²) in [6.45, 7) is 0.897. The van der Waals surface area contributed by atoms with Gasteiger partial charge in [-0.05, 0) is 37.3 Å². The molecule has 156 valence electrons. The quantitative estimate of drug-likeness (QED) is 0.399. The number of rotatable bonds is 6. The molecule has 2 aromatic rings. The number of urea groups is 1. The molecule has 11 heteroatoms. The zero-order valence-corrected chi connectivity index (χ0v) is 15.6. The predicted molar refractivity (Wildman–Crippen MR) is 96.1 cm³/mol. The van der Waals surface area contributed by atoms with Crippen molar-refractivity contribution in [3.8, 4) is 5.75 Å². The molecule has 2 amide bonds. The van der Waals surface area contributed by atoms with Crippen LogP contribution in [0.3, 0.4) is 0 Å². The highest BCUT2D eigenvalue weighted by atomic mass is 35.5. The molecular weight excluding hydrogens is 420 g/mol. The second-order valence-electron chi connectivity index (χ2n) is 5.52. The Labute approximate surface area is 167 Å². The van der Waals surface area contributed by atoms with E-state index in [0.29, 0.717) is 0 Å². The van der Waals surface area contributed by atoms with E-state index < -0.39 is 36.3 Å². The van der Waals surface area contributed by atoms with Gasteiger partial charge in [-0.1, -0.05) is 29.8 Å². The molecule has 0 aliphatic carbocycles. The summed E-state index contributed by atoms with van der Waals surface area (Å²) in [5.41, 5.74) is -3.95. The van der Waals surface area contributed by atoms with Crippen molar-refractivity contribution in [1.82, 2.24) is 5.32 Å². The van der Waals surface area contributed by atoms with Gasteiger partial charge in [0.25, 0.3) is 0 Å². The molecule has 0 fully saturated rings. The lowest BCUT2D eigenvalue weighted by Crippen LogP contribution is -2.69. The number of ether oxygens (including phenoxy) is 2. The minimum atomic E-state index is -5.40. The molecule has 0 aliphatic rings. The molecule has 0 saturated carbocycles. The van der Waals surface area contributed by atoms with Gasteiger partial charge in [-0.25, -0.2) is 14.0 Å². The van der Waals surface area contributed by atoms with Gasteiger partial charge in [0, 0.05) is 5.69 Å². The highest BCUT2D eigenvalue weighted by molar-refractivity contribution is 6.31. The topological polar surface area (TPSA) is 76.7 Å². The van der Waals surface area contributed by atoms with Gasteiger partial charge in [-0.2, -0.15) is 13.2 Å². The third-order valence-electron chi connectivity index (χ3n) is 3.44. The van der Waals surface area contributed by atoms with E-state index in [9.17, 15) is 27.2 Å². The SMILES string of the molecule is CCOC(=O)C(NC(=O)Nc1ccc(F)c(Cl)c1)(Oc1ccccc1)C(F)(F)F. The first kappa shape index (κ1) is 22.3. The van der Waals surface area contributed by atoms with Crippen LogP contribution in [0, 0.1) is 5.82 Å². The Bertz CT molecular complexity index is 880. The van der Waals surface area contributed by atoms with Gasteiger partial charge in [-0.3, -0.25) is 5.32 Å². The Balaban J connectivity index is 2.37. The molecule has 0 heterocycles. The maximum atomic E-state index is 13.9. The number of anilines is 1.